The fraction of sp³-hybridized carbons (Fsp3) is 0.259. The standard InChI is InChI=1S/C27H27N3O2/c1-32-25-14-8-5-11-22(25)27(31)29(17-20-9-3-2-4-10-20)19-26-28-23-12-6-7-13-24(23)30(26)18-21-15-16-21/h2-14,21H,15-19H2,1H3. The highest BCUT2D eigenvalue weighted by Crippen LogP contribution is 2.33. The Kier molecular flexibility index (Phi) is 5.63. The molecule has 0 atom stereocenters. The first-order chi connectivity index (χ1) is 15.7. The lowest BCUT2D eigenvalue weighted by Gasteiger charge is -2.24. The van der Waals surface area contributed by atoms with E-state index in [1.165, 1.54) is 12.8 Å². The second kappa shape index (κ2) is 8.87. The second-order valence-corrected chi connectivity index (χ2v) is 8.42. The van der Waals surface area contributed by atoms with Gasteiger partial charge in [0.1, 0.15) is 11.6 Å². The van der Waals surface area contributed by atoms with E-state index < -0.39 is 0 Å². The van der Waals surface area contributed by atoms with Crippen molar-refractivity contribution in [1.82, 2.24) is 14.5 Å². The molecular formula is C27H27N3O2. The van der Waals surface area contributed by atoms with Crippen LogP contribution in [-0.4, -0.2) is 27.5 Å². The summed E-state index contributed by atoms with van der Waals surface area (Å²) in [4.78, 5) is 20.5. The summed E-state index contributed by atoms with van der Waals surface area (Å²) in [6, 6.07) is 25.8. The largest absolute Gasteiger partial charge is 0.496 e. The van der Waals surface area contributed by atoms with E-state index in [9.17, 15) is 4.79 Å². The number of methoxy groups -OCH3 is 1. The number of hydrogen-bond donors (Lipinski definition) is 0. The van der Waals surface area contributed by atoms with Gasteiger partial charge in [0, 0.05) is 13.1 Å². The molecule has 1 heterocycles. The average Bonchev–Trinajstić information content (AvgIpc) is 3.60. The number of amides is 1. The van der Waals surface area contributed by atoms with Crippen LogP contribution in [0.15, 0.2) is 78.9 Å². The molecule has 0 saturated heterocycles. The van der Waals surface area contributed by atoms with Gasteiger partial charge in [0.15, 0.2) is 0 Å². The van der Waals surface area contributed by atoms with Gasteiger partial charge < -0.3 is 14.2 Å². The molecule has 162 valence electrons. The number of fused-ring (bicyclic) bond motifs is 1. The van der Waals surface area contributed by atoms with Crippen LogP contribution in [0.25, 0.3) is 11.0 Å². The van der Waals surface area contributed by atoms with Gasteiger partial charge in [-0.05, 0) is 48.6 Å². The smallest absolute Gasteiger partial charge is 0.258 e. The molecule has 0 bridgehead atoms. The number of nitrogens with zero attached hydrogens (tertiary/aromatic N) is 3. The Morgan fingerprint density at radius 1 is 0.969 bits per heavy atom. The lowest BCUT2D eigenvalue weighted by Crippen LogP contribution is -2.31. The number of rotatable bonds is 8. The lowest BCUT2D eigenvalue weighted by atomic mass is 10.1. The molecule has 1 aliphatic carbocycles. The van der Waals surface area contributed by atoms with E-state index in [0.717, 1.165) is 29.0 Å². The number of carbonyl (C=O) groups excluding carboxylic acids is 1. The molecule has 1 aromatic heterocycles. The molecule has 0 aliphatic heterocycles. The number of imidazole rings is 1. The molecule has 5 heteroatoms. The van der Waals surface area contributed by atoms with Gasteiger partial charge in [-0.1, -0.05) is 54.6 Å². The van der Waals surface area contributed by atoms with Crippen LogP contribution in [0.2, 0.25) is 0 Å². The third kappa shape index (κ3) is 4.24. The SMILES string of the molecule is COc1ccccc1C(=O)N(Cc1ccccc1)Cc1nc2ccccc2n1CC1CC1. The molecule has 0 radical (unpaired) electrons. The maximum absolute atomic E-state index is 13.7. The van der Waals surface area contributed by atoms with E-state index >= 15 is 0 Å². The monoisotopic (exact) mass is 425 g/mol. The Morgan fingerprint density at radius 2 is 1.69 bits per heavy atom. The average molecular weight is 426 g/mol. The zero-order chi connectivity index (χ0) is 21.9. The molecule has 4 aromatic rings. The summed E-state index contributed by atoms with van der Waals surface area (Å²) in [6.07, 6.45) is 2.53. The predicted molar refractivity (Wildman–Crippen MR) is 125 cm³/mol. The molecule has 1 fully saturated rings. The van der Waals surface area contributed by atoms with Gasteiger partial charge in [-0.15, -0.1) is 0 Å². The fourth-order valence-electron chi connectivity index (χ4n) is 4.17. The van der Waals surface area contributed by atoms with E-state index in [0.29, 0.717) is 30.3 Å². The minimum atomic E-state index is -0.0590. The van der Waals surface area contributed by atoms with Crippen molar-refractivity contribution in [1.29, 1.82) is 0 Å². The molecular weight excluding hydrogens is 398 g/mol. The first-order valence-corrected chi connectivity index (χ1v) is 11.1. The van der Waals surface area contributed by atoms with Crippen LogP contribution < -0.4 is 4.74 Å². The Morgan fingerprint density at radius 3 is 2.47 bits per heavy atom. The Bertz CT molecular complexity index is 1230. The van der Waals surface area contributed by atoms with Crippen molar-refractivity contribution in [3.8, 4) is 5.75 Å². The van der Waals surface area contributed by atoms with E-state index in [-0.39, 0.29) is 5.91 Å². The highest BCUT2D eigenvalue weighted by atomic mass is 16.5. The van der Waals surface area contributed by atoms with Crippen molar-refractivity contribution in [2.75, 3.05) is 7.11 Å². The first-order valence-electron chi connectivity index (χ1n) is 11.1. The summed E-state index contributed by atoms with van der Waals surface area (Å²) < 4.78 is 7.79. The molecule has 1 saturated carbocycles. The van der Waals surface area contributed by atoms with Crippen LogP contribution in [0.1, 0.15) is 34.6 Å². The summed E-state index contributed by atoms with van der Waals surface area (Å²) in [5.74, 6) is 2.16. The van der Waals surface area contributed by atoms with Crippen molar-refractivity contribution >= 4 is 16.9 Å². The summed E-state index contributed by atoms with van der Waals surface area (Å²) in [7, 11) is 1.60. The topological polar surface area (TPSA) is 47.4 Å². The molecule has 0 unspecified atom stereocenters. The van der Waals surface area contributed by atoms with Crippen LogP contribution in [0.5, 0.6) is 5.75 Å². The van der Waals surface area contributed by atoms with Crippen molar-refractivity contribution in [2.45, 2.75) is 32.5 Å². The fourth-order valence-corrected chi connectivity index (χ4v) is 4.17. The molecule has 1 amide bonds. The minimum absolute atomic E-state index is 0.0590. The van der Waals surface area contributed by atoms with Crippen LogP contribution in [0, 0.1) is 5.92 Å². The Balaban J connectivity index is 1.53. The van der Waals surface area contributed by atoms with Gasteiger partial charge in [-0.2, -0.15) is 0 Å². The highest BCUT2D eigenvalue weighted by Gasteiger charge is 2.26. The van der Waals surface area contributed by atoms with Gasteiger partial charge in [0.25, 0.3) is 5.91 Å². The number of benzene rings is 3. The highest BCUT2D eigenvalue weighted by molar-refractivity contribution is 5.97. The van der Waals surface area contributed by atoms with Crippen LogP contribution >= 0.6 is 0 Å². The molecule has 32 heavy (non-hydrogen) atoms. The molecule has 0 spiro atoms. The summed E-state index contributed by atoms with van der Waals surface area (Å²) in [5.41, 5.74) is 3.77. The van der Waals surface area contributed by atoms with E-state index in [1.807, 2.05) is 59.5 Å². The van der Waals surface area contributed by atoms with Crippen LogP contribution in [0.3, 0.4) is 0 Å². The third-order valence-electron chi connectivity index (χ3n) is 6.04. The van der Waals surface area contributed by atoms with Crippen LogP contribution in [0.4, 0.5) is 0 Å². The van der Waals surface area contributed by atoms with Crippen molar-refractivity contribution in [3.05, 3.63) is 95.8 Å². The summed E-state index contributed by atoms with van der Waals surface area (Å²) in [5, 5.41) is 0. The maximum Gasteiger partial charge on any atom is 0.258 e. The van der Waals surface area contributed by atoms with E-state index in [1.54, 1.807) is 7.11 Å². The Hall–Kier alpha value is -3.60. The van der Waals surface area contributed by atoms with Gasteiger partial charge in [0.2, 0.25) is 0 Å². The summed E-state index contributed by atoms with van der Waals surface area (Å²) >= 11 is 0. The lowest BCUT2D eigenvalue weighted by molar-refractivity contribution is 0.0720. The molecule has 3 aromatic carbocycles. The van der Waals surface area contributed by atoms with Gasteiger partial charge >= 0.3 is 0 Å². The second-order valence-electron chi connectivity index (χ2n) is 8.42. The molecule has 5 rings (SSSR count). The molecule has 5 nitrogen and oxygen atoms in total. The number of hydrogen-bond acceptors (Lipinski definition) is 3. The maximum atomic E-state index is 13.7. The van der Waals surface area contributed by atoms with Crippen molar-refractivity contribution in [2.24, 2.45) is 5.92 Å². The van der Waals surface area contributed by atoms with Crippen LogP contribution in [-0.2, 0) is 19.6 Å². The quantitative estimate of drug-likeness (QED) is 0.385. The molecule has 0 N–H and O–H groups in total. The third-order valence-corrected chi connectivity index (χ3v) is 6.04. The normalized spacial score (nSPS) is 13.3. The zero-order valence-electron chi connectivity index (χ0n) is 18.3. The molecule has 1 aliphatic rings. The van der Waals surface area contributed by atoms with Crippen molar-refractivity contribution in [3.63, 3.8) is 0 Å². The van der Waals surface area contributed by atoms with Gasteiger partial charge in [-0.3, -0.25) is 4.79 Å². The minimum Gasteiger partial charge on any atom is -0.496 e. The van der Waals surface area contributed by atoms with Gasteiger partial charge in [-0.25, -0.2) is 4.98 Å². The van der Waals surface area contributed by atoms with E-state index in [2.05, 4.69) is 28.8 Å². The van der Waals surface area contributed by atoms with Gasteiger partial charge in [0.05, 0.1) is 30.3 Å². The number of carbonyl (C=O) groups is 1. The number of ether oxygens (including phenoxy) is 1. The first kappa shape index (κ1) is 20.3. The number of para-hydroxylation sites is 3. The Labute approximate surface area is 188 Å². The summed E-state index contributed by atoms with van der Waals surface area (Å²) in [6.45, 7) is 1.90. The number of aromatic nitrogens is 2. The van der Waals surface area contributed by atoms with Crippen molar-refractivity contribution < 1.29 is 9.53 Å². The predicted octanol–water partition coefficient (Wildman–Crippen LogP) is 5.30. The van der Waals surface area contributed by atoms with E-state index in [4.69, 9.17) is 9.72 Å². The zero-order valence-corrected chi connectivity index (χ0v) is 18.3.